The summed E-state index contributed by atoms with van der Waals surface area (Å²) in [5.74, 6) is 0.912. The Kier molecular flexibility index (Phi) is 14.1. The summed E-state index contributed by atoms with van der Waals surface area (Å²) in [5, 5.41) is 4.98. The highest BCUT2D eigenvalue weighted by atomic mass is 33.1. The second kappa shape index (κ2) is 19.8. The predicted octanol–water partition coefficient (Wildman–Crippen LogP) is 7.95. The molecule has 4 aliphatic rings. The van der Waals surface area contributed by atoms with Gasteiger partial charge in [-0.1, -0.05) is 45.9 Å². The van der Waals surface area contributed by atoms with Crippen molar-refractivity contribution in [2.24, 2.45) is 4.99 Å². The first-order valence-corrected chi connectivity index (χ1v) is 25.8. The maximum absolute atomic E-state index is 14.3. The van der Waals surface area contributed by atoms with Crippen molar-refractivity contribution in [3.05, 3.63) is 89.0 Å². The number of methoxy groups -OCH3 is 2. The Morgan fingerprint density at radius 3 is 2.30 bits per heavy atom. The number of aliphatic imine (C=N–C) groups is 1. The minimum atomic E-state index is -4.46. The van der Waals surface area contributed by atoms with Crippen LogP contribution in [0.1, 0.15) is 78.3 Å². The van der Waals surface area contributed by atoms with Crippen LogP contribution in [0.25, 0.3) is 0 Å². The number of ketones is 1. The van der Waals surface area contributed by atoms with E-state index in [1.165, 1.54) is 28.7 Å². The molecule has 0 spiro atoms. The van der Waals surface area contributed by atoms with Gasteiger partial charge in [0.15, 0.2) is 23.0 Å². The zero-order valence-corrected chi connectivity index (χ0v) is 40.3. The third kappa shape index (κ3) is 10.4. The molecule has 354 valence electrons. The molecule has 4 aliphatic heterocycles. The number of para-hydroxylation sites is 1. The van der Waals surface area contributed by atoms with Crippen LogP contribution in [-0.2, 0) is 32.5 Å². The number of Topliss-reactive ketones (excluding diaryl/α,β-unsaturated/α-hetero) is 1. The van der Waals surface area contributed by atoms with E-state index < -0.39 is 21.2 Å². The number of benzene rings is 4. The van der Waals surface area contributed by atoms with E-state index in [9.17, 15) is 32.1 Å². The van der Waals surface area contributed by atoms with Gasteiger partial charge in [-0.25, -0.2) is 0 Å². The second-order valence-corrected chi connectivity index (χ2v) is 22.1. The molecule has 3 atom stereocenters. The van der Waals surface area contributed by atoms with E-state index in [2.05, 4.69) is 16.7 Å². The van der Waals surface area contributed by atoms with Crippen LogP contribution in [0, 0.1) is 0 Å². The first-order valence-electron chi connectivity index (χ1n) is 22.0. The van der Waals surface area contributed by atoms with Crippen molar-refractivity contribution in [1.29, 1.82) is 0 Å². The molecule has 8 rings (SSSR count). The fourth-order valence-electron chi connectivity index (χ4n) is 8.74. The first kappa shape index (κ1) is 47.7. The molecule has 4 heterocycles. The molecule has 0 aromatic heterocycles. The Balaban J connectivity index is 0.854. The maximum Gasteiger partial charge on any atom is 0.274 e. The zero-order chi connectivity index (χ0) is 47.6. The van der Waals surface area contributed by atoms with Crippen LogP contribution in [-0.4, -0.2) is 105 Å². The number of carbonyl (C=O) groups is 4. The molecule has 0 bridgehead atoms. The van der Waals surface area contributed by atoms with Crippen molar-refractivity contribution >= 4 is 89.9 Å². The van der Waals surface area contributed by atoms with E-state index in [-0.39, 0.29) is 60.6 Å². The smallest absolute Gasteiger partial charge is 0.274 e. The minimum absolute atomic E-state index is 0.00472. The van der Waals surface area contributed by atoms with Crippen LogP contribution >= 0.6 is 21.6 Å². The van der Waals surface area contributed by atoms with Gasteiger partial charge in [-0.3, -0.25) is 33.6 Å². The molecular weight excluding hydrogens is 919 g/mol. The summed E-state index contributed by atoms with van der Waals surface area (Å²) >= 11 is 0. The molecule has 0 fully saturated rings. The number of nitrogens with one attached hydrogen (secondary N) is 2. The quantitative estimate of drug-likeness (QED) is 0.0464. The molecule has 0 aliphatic carbocycles. The number of hydrogen-bond donors (Lipinski definition) is 3. The lowest BCUT2D eigenvalue weighted by Crippen LogP contribution is -2.39. The lowest BCUT2D eigenvalue weighted by atomic mass is 10.1. The fourth-order valence-corrected chi connectivity index (χ4v) is 12.4. The summed E-state index contributed by atoms with van der Waals surface area (Å²) in [6.07, 6.45) is 4.29. The van der Waals surface area contributed by atoms with Crippen LogP contribution in [0.3, 0.4) is 0 Å². The Hall–Kier alpha value is -5.76. The highest BCUT2D eigenvalue weighted by Gasteiger charge is 2.39. The van der Waals surface area contributed by atoms with Gasteiger partial charge in [0.25, 0.3) is 21.9 Å². The van der Waals surface area contributed by atoms with Crippen molar-refractivity contribution in [1.82, 2.24) is 0 Å². The largest absolute Gasteiger partial charge is 0.493 e. The molecule has 16 nitrogen and oxygen atoms in total. The molecule has 1 unspecified atom stereocenters. The SMILES string of the molecule is COc1cc2c(cc1OCCCOc1cc3c(cc1OC)C(=O)N1c4ccccc4C[C@H]1CN3)N=C[C@@H]1Cc3ccc(NC(=O)CCC(C)(C)SSCCC(C(C)=O)S(=O)(=O)O)cc3N1C2=O. The van der Waals surface area contributed by atoms with Crippen LogP contribution in [0.15, 0.2) is 71.7 Å². The number of amides is 3. The Morgan fingerprint density at radius 2 is 1.58 bits per heavy atom. The molecule has 0 saturated heterocycles. The highest BCUT2D eigenvalue weighted by Crippen LogP contribution is 2.44. The summed E-state index contributed by atoms with van der Waals surface area (Å²) in [5.41, 5.74) is 6.24. The van der Waals surface area contributed by atoms with Crippen LogP contribution in [0.2, 0.25) is 0 Å². The van der Waals surface area contributed by atoms with Gasteiger partial charge in [-0.05, 0) is 81.5 Å². The Labute approximate surface area is 397 Å². The third-order valence-corrected chi connectivity index (χ3v) is 16.8. The Morgan fingerprint density at radius 1 is 0.896 bits per heavy atom. The summed E-state index contributed by atoms with van der Waals surface area (Å²) in [6.45, 7) is 6.25. The average molecular weight is 972 g/mol. The van der Waals surface area contributed by atoms with Gasteiger partial charge < -0.3 is 34.5 Å². The highest BCUT2D eigenvalue weighted by molar-refractivity contribution is 8.77. The predicted molar refractivity (Wildman–Crippen MR) is 262 cm³/mol. The number of carbonyl (C=O) groups excluding carboxylic acids is 4. The number of nitrogens with zero attached hydrogens (tertiary/aromatic N) is 3. The maximum atomic E-state index is 14.3. The van der Waals surface area contributed by atoms with Crippen LogP contribution in [0.4, 0.5) is 28.4 Å². The normalized spacial score (nSPS) is 17.4. The summed E-state index contributed by atoms with van der Waals surface area (Å²) in [6, 6.07) is 20.1. The van der Waals surface area contributed by atoms with Gasteiger partial charge in [0, 0.05) is 66.0 Å². The van der Waals surface area contributed by atoms with E-state index in [1.807, 2.05) is 55.1 Å². The van der Waals surface area contributed by atoms with Crippen molar-refractivity contribution in [3.63, 3.8) is 0 Å². The average Bonchev–Trinajstić information content (AvgIpc) is 3.77. The van der Waals surface area contributed by atoms with Crippen molar-refractivity contribution in [3.8, 4) is 23.0 Å². The number of ether oxygens (including phenoxy) is 4. The second-order valence-electron chi connectivity index (χ2n) is 17.3. The third-order valence-electron chi connectivity index (χ3n) is 12.2. The lowest BCUT2D eigenvalue weighted by Gasteiger charge is -2.23. The topological polar surface area (TPSA) is 202 Å². The molecular formula is C48H53N5O11S3. The minimum Gasteiger partial charge on any atom is -0.493 e. The zero-order valence-electron chi connectivity index (χ0n) is 37.8. The standard InChI is InChI=1S/C48H53N5O11S3/c1-28(54)44(67(58,59)60)14-18-65-66-48(2,3)15-13-45(55)51-31-12-11-30-20-33-27-50-37-25-43(41(62-5)23-35(37)47(57)53(33)39(30)21-31)64-17-8-16-63-42-24-36-34(22-40(42)61-4)46(56)52-32(26-49-36)19-29-9-6-7-10-38(29)52/h6-7,9-12,21-25,27,32-33,44,49H,8,13-20,26H2,1-5H3,(H,51,55)(H,58,59,60)/t32-,33-,44?/m0/s1. The van der Waals surface area contributed by atoms with Crippen molar-refractivity contribution < 1.29 is 51.1 Å². The van der Waals surface area contributed by atoms with Gasteiger partial charge in [-0.15, -0.1) is 0 Å². The van der Waals surface area contributed by atoms with E-state index in [0.29, 0.717) is 88.4 Å². The van der Waals surface area contributed by atoms with Gasteiger partial charge >= 0.3 is 0 Å². The Bertz CT molecular complexity index is 2750. The van der Waals surface area contributed by atoms with Gasteiger partial charge in [0.05, 0.1) is 67.7 Å². The van der Waals surface area contributed by atoms with E-state index >= 15 is 0 Å². The van der Waals surface area contributed by atoms with Gasteiger partial charge in [-0.2, -0.15) is 8.42 Å². The number of anilines is 4. The number of rotatable bonds is 19. The molecule has 19 heteroatoms. The molecule has 0 saturated carbocycles. The molecule has 3 amide bonds. The van der Waals surface area contributed by atoms with Gasteiger partial charge in [0.1, 0.15) is 11.0 Å². The van der Waals surface area contributed by atoms with Crippen molar-refractivity contribution in [2.45, 2.75) is 81.4 Å². The monoisotopic (exact) mass is 971 g/mol. The van der Waals surface area contributed by atoms with Crippen LogP contribution in [0.5, 0.6) is 23.0 Å². The van der Waals surface area contributed by atoms with E-state index in [1.54, 1.807) is 42.5 Å². The summed E-state index contributed by atoms with van der Waals surface area (Å²) in [7, 11) is 1.47. The molecule has 0 radical (unpaired) electrons. The fraction of sp³-hybridized carbons (Fsp3) is 0.396. The molecule has 3 N–H and O–H groups in total. The first-order chi connectivity index (χ1) is 32.0. The van der Waals surface area contributed by atoms with Gasteiger partial charge in [0.2, 0.25) is 5.91 Å². The lowest BCUT2D eigenvalue weighted by molar-refractivity contribution is -0.117. The van der Waals surface area contributed by atoms with Crippen LogP contribution < -0.4 is 39.4 Å². The molecule has 67 heavy (non-hydrogen) atoms. The molecule has 4 aromatic rings. The van der Waals surface area contributed by atoms with E-state index in [4.69, 9.17) is 23.9 Å². The molecule has 4 aromatic carbocycles. The van der Waals surface area contributed by atoms with E-state index in [0.717, 1.165) is 30.2 Å². The van der Waals surface area contributed by atoms with Crippen molar-refractivity contribution in [2.75, 3.05) is 60.2 Å². The summed E-state index contributed by atoms with van der Waals surface area (Å²) < 4.78 is 55.7. The summed E-state index contributed by atoms with van der Waals surface area (Å²) in [4.78, 5) is 61.2. The number of hydrogen-bond acceptors (Lipinski definition) is 14. The number of fused-ring (bicyclic) bond motifs is 8.